The molecule has 0 aromatic carbocycles. The van der Waals surface area contributed by atoms with Crippen LogP contribution in [0.15, 0.2) is 0 Å². The number of ether oxygens (including phenoxy) is 1. The van der Waals surface area contributed by atoms with Crippen molar-refractivity contribution in [1.29, 1.82) is 0 Å². The molecule has 3 atom stereocenters. The van der Waals surface area contributed by atoms with Gasteiger partial charge in [-0.2, -0.15) is 0 Å². The first-order valence-corrected chi connectivity index (χ1v) is 15.8. The second-order valence-corrected chi connectivity index (χ2v) is 11.9. The molecule has 0 aromatic rings. The van der Waals surface area contributed by atoms with E-state index in [-0.39, 0.29) is 5.97 Å². The van der Waals surface area contributed by atoms with E-state index >= 15 is 0 Å². The van der Waals surface area contributed by atoms with Crippen LogP contribution in [-0.4, -0.2) is 38.6 Å². The Morgan fingerprint density at radius 2 is 1.23 bits per heavy atom. The molecule has 0 radical (unpaired) electrons. The molecule has 0 heterocycles. The van der Waals surface area contributed by atoms with Gasteiger partial charge in [0.15, 0.2) is 0 Å². The SMILES string of the molecule is CCCCCCCCCCCCCCCCC(CN(C)C)C1CC1CCCCCCCC(=O)OC. The zero-order valence-corrected chi connectivity index (χ0v) is 24.5. The summed E-state index contributed by atoms with van der Waals surface area (Å²) in [6, 6.07) is 0. The lowest BCUT2D eigenvalue weighted by Crippen LogP contribution is -2.23. The summed E-state index contributed by atoms with van der Waals surface area (Å²) in [6.07, 6.45) is 31.4. The molecule has 0 saturated heterocycles. The van der Waals surface area contributed by atoms with Gasteiger partial charge in [-0.1, -0.05) is 129 Å². The quantitative estimate of drug-likeness (QED) is 0.0887. The Morgan fingerprint density at radius 3 is 1.74 bits per heavy atom. The van der Waals surface area contributed by atoms with Gasteiger partial charge < -0.3 is 9.64 Å². The van der Waals surface area contributed by atoms with Crippen molar-refractivity contribution >= 4 is 5.97 Å². The predicted octanol–water partition coefficient (Wildman–Crippen LogP) is 9.58. The number of unbranched alkanes of at least 4 members (excludes halogenated alkanes) is 17. The van der Waals surface area contributed by atoms with Crippen molar-refractivity contribution in [1.82, 2.24) is 4.90 Å². The highest BCUT2D eigenvalue weighted by Crippen LogP contribution is 2.49. The van der Waals surface area contributed by atoms with E-state index in [2.05, 4.69) is 25.9 Å². The number of esters is 1. The van der Waals surface area contributed by atoms with Gasteiger partial charge in [-0.05, 0) is 51.1 Å². The molecular formula is C32H63NO2. The number of hydrogen-bond donors (Lipinski definition) is 0. The minimum atomic E-state index is -0.0587. The minimum Gasteiger partial charge on any atom is -0.469 e. The van der Waals surface area contributed by atoms with Gasteiger partial charge in [-0.15, -0.1) is 0 Å². The van der Waals surface area contributed by atoms with Crippen LogP contribution in [0.5, 0.6) is 0 Å². The summed E-state index contributed by atoms with van der Waals surface area (Å²) in [4.78, 5) is 13.6. The molecule has 3 heteroatoms. The Morgan fingerprint density at radius 1 is 0.743 bits per heavy atom. The third-order valence-electron chi connectivity index (χ3n) is 8.29. The second-order valence-electron chi connectivity index (χ2n) is 11.9. The van der Waals surface area contributed by atoms with Gasteiger partial charge in [0.2, 0.25) is 0 Å². The van der Waals surface area contributed by atoms with E-state index in [1.807, 2.05) is 0 Å². The van der Waals surface area contributed by atoms with Crippen LogP contribution in [0, 0.1) is 17.8 Å². The maximum Gasteiger partial charge on any atom is 0.305 e. The third kappa shape index (κ3) is 19.2. The van der Waals surface area contributed by atoms with Crippen LogP contribution in [0.1, 0.15) is 155 Å². The maximum absolute atomic E-state index is 11.2. The number of methoxy groups -OCH3 is 1. The Hall–Kier alpha value is -0.570. The van der Waals surface area contributed by atoms with Gasteiger partial charge in [0.1, 0.15) is 0 Å². The van der Waals surface area contributed by atoms with Crippen LogP contribution in [0.3, 0.4) is 0 Å². The summed E-state index contributed by atoms with van der Waals surface area (Å²) in [5.41, 5.74) is 0. The van der Waals surface area contributed by atoms with E-state index in [4.69, 9.17) is 4.74 Å². The van der Waals surface area contributed by atoms with Crippen molar-refractivity contribution in [3.8, 4) is 0 Å². The number of carbonyl (C=O) groups is 1. The standard InChI is InChI=1S/C32H63NO2/c1-5-6-7-8-9-10-11-12-13-14-15-16-18-22-25-30(28-33(2)3)31-27-29(31)24-21-19-17-20-23-26-32(34)35-4/h29-31H,5-28H2,1-4H3. The van der Waals surface area contributed by atoms with Gasteiger partial charge in [0, 0.05) is 13.0 Å². The van der Waals surface area contributed by atoms with Crippen molar-refractivity contribution in [2.24, 2.45) is 17.8 Å². The van der Waals surface area contributed by atoms with Gasteiger partial charge in [0.05, 0.1) is 7.11 Å². The van der Waals surface area contributed by atoms with Crippen LogP contribution >= 0.6 is 0 Å². The summed E-state index contributed by atoms with van der Waals surface area (Å²) in [5, 5.41) is 0. The molecule has 1 rings (SSSR count). The molecule has 0 bridgehead atoms. The molecule has 208 valence electrons. The van der Waals surface area contributed by atoms with Crippen molar-refractivity contribution in [2.75, 3.05) is 27.7 Å². The Labute approximate surface area is 220 Å². The van der Waals surface area contributed by atoms with E-state index in [1.165, 1.54) is 148 Å². The molecule has 3 nitrogen and oxygen atoms in total. The molecule has 0 N–H and O–H groups in total. The topological polar surface area (TPSA) is 29.5 Å². The van der Waals surface area contributed by atoms with Crippen LogP contribution in [0.25, 0.3) is 0 Å². The van der Waals surface area contributed by atoms with E-state index in [0.29, 0.717) is 6.42 Å². The smallest absolute Gasteiger partial charge is 0.305 e. The Kier molecular flexibility index (Phi) is 21.0. The highest BCUT2D eigenvalue weighted by molar-refractivity contribution is 5.68. The molecule has 35 heavy (non-hydrogen) atoms. The lowest BCUT2D eigenvalue weighted by molar-refractivity contribution is -0.140. The Bertz CT molecular complexity index is 478. The molecule has 1 aliphatic carbocycles. The summed E-state index contributed by atoms with van der Waals surface area (Å²) in [6.45, 7) is 3.59. The molecule has 0 aliphatic heterocycles. The highest BCUT2D eigenvalue weighted by atomic mass is 16.5. The van der Waals surface area contributed by atoms with Gasteiger partial charge in [-0.25, -0.2) is 0 Å². The molecule has 0 spiro atoms. The van der Waals surface area contributed by atoms with Crippen LogP contribution in [0.4, 0.5) is 0 Å². The Balaban J connectivity index is 1.98. The van der Waals surface area contributed by atoms with Crippen molar-refractivity contribution < 1.29 is 9.53 Å². The monoisotopic (exact) mass is 493 g/mol. The van der Waals surface area contributed by atoms with Crippen molar-refractivity contribution in [3.63, 3.8) is 0 Å². The lowest BCUT2D eigenvalue weighted by atomic mass is 9.93. The van der Waals surface area contributed by atoms with E-state index < -0.39 is 0 Å². The van der Waals surface area contributed by atoms with Crippen LogP contribution in [-0.2, 0) is 9.53 Å². The van der Waals surface area contributed by atoms with Crippen LogP contribution < -0.4 is 0 Å². The van der Waals surface area contributed by atoms with Gasteiger partial charge in [-0.3, -0.25) is 4.79 Å². The second kappa shape index (κ2) is 22.6. The average molecular weight is 494 g/mol. The molecule has 0 aromatic heterocycles. The highest BCUT2D eigenvalue weighted by Gasteiger charge is 2.41. The summed E-state index contributed by atoms with van der Waals surface area (Å²) in [5.74, 6) is 2.87. The normalized spacial score (nSPS) is 18.2. The predicted molar refractivity (Wildman–Crippen MR) is 153 cm³/mol. The first kappa shape index (κ1) is 32.5. The zero-order chi connectivity index (χ0) is 25.6. The first-order valence-electron chi connectivity index (χ1n) is 15.8. The summed E-state index contributed by atoms with van der Waals surface area (Å²) >= 11 is 0. The van der Waals surface area contributed by atoms with E-state index in [1.54, 1.807) is 0 Å². The third-order valence-corrected chi connectivity index (χ3v) is 8.29. The largest absolute Gasteiger partial charge is 0.469 e. The first-order chi connectivity index (χ1) is 17.1. The fourth-order valence-corrected chi connectivity index (χ4v) is 6.00. The summed E-state index contributed by atoms with van der Waals surface area (Å²) < 4.78 is 4.72. The number of rotatable bonds is 26. The lowest BCUT2D eigenvalue weighted by Gasteiger charge is -2.21. The molecular weight excluding hydrogens is 430 g/mol. The maximum atomic E-state index is 11.2. The fraction of sp³-hybridized carbons (Fsp3) is 0.969. The average Bonchev–Trinajstić information content (AvgIpc) is 3.62. The van der Waals surface area contributed by atoms with E-state index in [0.717, 1.165) is 24.2 Å². The van der Waals surface area contributed by atoms with Gasteiger partial charge in [0.25, 0.3) is 0 Å². The van der Waals surface area contributed by atoms with Crippen LogP contribution in [0.2, 0.25) is 0 Å². The van der Waals surface area contributed by atoms with Crippen molar-refractivity contribution in [3.05, 3.63) is 0 Å². The molecule has 0 amide bonds. The molecule has 3 unspecified atom stereocenters. The minimum absolute atomic E-state index is 0.0587. The zero-order valence-electron chi connectivity index (χ0n) is 24.5. The van der Waals surface area contributed by atoms with Gasteiger partial charge >= 0.3 is 5.97 Å². The molecule has 1 saturated carbocycles. The molecule has 1 aliphatic rings. The molecule has 1 fully saturated rings. The number of nitrogens with zero attached hydrogens (tertiary/aromatic N) is 1. The number of carbonyl (C=O) groups excluding carboxylic acids is 1. The van der Waals surface area contributed by atoms with E-state index in [9.17, 15) is 4.79 Å². The number of hydrogen-bond acceptors (Lipinski definition) is 3. The summed E-state index contributed by atoms with van der Waals surface area (Å²) in [7, 11) is 5.99. The van der Waals surface area contributed by atoms with Crippen molar-refractivity contribution in [2.45, 2.75) is 155 Å². The fourth-order valence-electron chi connectivity index (χ4n) is 6.00.